The normalized spacial score (nSPS) is 17.1. The topological polar surface area (TPSA) is 70.1 Å². The van der Waals surface area contributed by atoms with E-state index in [1.165, 1.54) is 24.8 Å². The number of aromatic amines is 1. The van der Waals surface area contributed by atoms with Crippen LogP contribution in [0.25, 0.3) is 11.3 Å². The summed E-state index contributed by atoms with van der Waals surface area (Å²) < 4.78 is 0. The molecule has 146 valence electrons. The summed E-state index contributed by atoms with van der Waals surface area (Å²) in [6, 6.07) is 18.2. The van der Waals surface area contributed by atoms with Gasteiger partial charge in [-0.3, -0.25) is 9.78 Å². The number of nitrogens with one attached hydrogen (secondary N) is 2. The molecule has 5 rings (SSSR count). The fourth-order valence-electron chi connectivity index (χ4n) is 4.93. The molecule has 3 aromatic rings. The molecule has 1 spiro atoms. The molecule has 0 radical (unpaired) electrons. The van der Waals surface area contributed by atoms with Gasteiger partial charge in [0.15, 0.2) is 0 Å². The highest BCUT2D eigenvalue weighted by Crippen LogP contribution is 2.48. The summed E-state index contributed by atoms with van der Waals surface area (Å²) in [5.74, 6) is 0.378. The Balaban J connectivity index is 1.56. The van der Waals surface area contributed by atoms with E-state index in [2.05, 4.69) is 33.7 Å². The highest BCUT2D eigenvalue weighted by atomic mass is 16.1. The van der Waals surface area contributed by atoms with E-state index in [0.29, 0.717) is 5.95 Å². The zero-order chi connectivity index (χ0) is 19.7. The SMILES string of the molecule is O=c1[nH]c(N/N=C\c2ccccc2)nc2c1C1(CCCCC1)Cc1ccccc1-2. The molecule has 2 aromatic carbocycles. The van der Waals surface area contributed by atoms with E-state index in [-0.39, 0.29) is 11.0 Å². The summed E-state index contributed by atoms with van der Waals surface area (Å²) in [6.45, 7) is 0. The van der Waals surface area contributed by atoms with Crippen molar-refractivity contribution in [2.24, 2.45) is 5.10 Å². The summed E-state index contributed by atoms with van der Waals surface area (Å²) in [5, 5.41) is 4.25. The Morgan fingerprint density at radius 2 is 1.76 bits per heavy atom. The van der Waals surface area contributed by atoms with Gasteiger partial charge in [-0.25, -0.2) is 10.4 Å². The van der Waals surface area contributed by atoms with Gasteiger partial charge in [-0.1, -0.05) is 73.9 Å². The number of H-pyrrole nitrogens is 1. The van der Waals surface area contributed by atoms with Crippen molar-refractivity contribution in [2.45, 2.75) is 43.9 Å². The molecule has 0 atom stereocenters. The smallest absolute Gasteiger partial charge is 0.256 e. The van der Waals surface area contributed by atoms with E-state index >= 15 is 0 Å². The zero-order valence-electron chi connectivity index (χ0n) is 16.3. The first kappa shape index (κ1) is 17.9. The van der Waals surface area contributed by atoms with Crippen molar-refractivity contribution in [1.29, 1.82) is 0 Å². The third-order valence-electron chi connectivity index (χ3n) is 6.25. The highest BCUT2D eigenvalue weighted by molar-refractivity contribution is 5.80. The molecule has 0 bridgehead atoms. The van der Waals surface area contributed by atoms with Crippen LogP contribution < -0.4 is 11.0 Å². The summed E-state index contributed by atoms with van der Waals surface area (Å²) in [4.78, 5) is 21.0. The lowest BCUT2D eigenvalue weighted by atomic mass is 9.62. The van der Waals surface area contributed by atoms with Gasteiger partial charge in [0.1, 0.15) is 0 Å². The molecule has 29 heavy (non-hydrogen) atoms. The van der Waals surface area contributed by atoms with Crippen LogP contribution >= 0.6 is 0 Å². The molecule has 1 fully saturated rings. The first-order valence-corrected chi connectivity index (χ1v) is 10.3. The molecule has 2 aliphatic rings. The van der Waals surface area contributed by atoms with Crippen molar-refractivity contribution in [1.82, 2.24) is 9.97 Å². The predicted octanol–water partition coefficient (Wildman–Crippen LogP) is 4.64. The lowest BCUT2D eigenvalue weighted by Gasteiger charge is -2.41. The number of rotatable bonds is 3. The average molecular weight is 384 g/mol. The van der Waals surface area contributed by atoms with Crippen molar-refractivity contribution >= 4 is 12.2 Å². The van der Waals surface area contributed by atoms with Crippen LogP contribution in [0.2, 0.25) is 0 Å². The lowest BCUT2D eigenvalue weighted by molar-refractivity contribution is 0.285. The molecule has 0 amide bonds. The van der Waals surface area contributed by atoms with Crippen LogP contribution in [0.1, 0.15) is 48.8 Å². The second kappa shape index (κ2) is 7.32. The molecule has 2 aliphatic carbocycles. The summed E-state index contributed by atoms with van der Waals surface area (Å²) >= 11 is 0. The number of hydrazone groups is 1. The zero-order valence-corrected chi connectivity index (χ0v) is 16.3. The van der Waals surface area contributed by atoms with Gasteiger partial charge >= 0.3 is 0 Å². The fraction of sp³-hybridized carbons (Fsp3) is 0.292. The van der Waals surface area contributed by atoms with Crippen LogP contribution in [0, 0.1) is 0 Å². The van der Waals surface area contributed by atoms with Crippen molar-refractivity contribution in [3.63, 3.8) is 0 Å². The van der Waals surface area contributed by atoms with Crippen LogP contribution in [-0.4, -0.2) is 16.2 Å². The van der Waals surface area contributed by atoms with Crippen molar-refractivity contribution in [2.75, 3.05) is 5.43 Å². The van der Waals surface area contributed by atoms with E-state index in [4.69, 9.17) is 4.98 Å². The number of aromatic nitrogens is 2. The summed E-state index contributed by atoms with van der Waals surface area (Å²) in [6.07, 6.45) is 8.34. The van der Waals surface area contributed by atoms with Crippen LogP contribution in [0.5, 0.6) is 0 Å². The molecular weight excluding hydrogens is 360 g/mol. The van der Waals surface area contributed by atoms with Crippen LogP contribution in [0.4, 0.5) is 5.95 Å². The number of benzene rings is 2. The van der Waals surface area contributed by atoms with E-state index < -0.39 is 0 Å². The minimum Gasteiger partial charge on any atom is -0.291 e. The van der Waals surface area contributed by atoms with E-state index in [1.54, 1.807) is 6.21 Å². The Morgan fingerprint density at radius 3 is 2.59 bits per heavy atom. The maximum Gasteiger partial charge on any atom is 0.256 e. The third kappa shape index (κ3) is 3.27. The Bertz CT molecular complexity index is 1110. The van der Waals surface area contributed by atoms with Gasteiger partial charge < -0.3 is 0 Å². The second-order valence-corrected chi connectivity index (χ2v) is 8.09. The van der Waals surface area contributed by atoms with Crippen molar-refractivity contribution in [3.05, 3.63) is 81.6 Å². The van der Waals surface area contributed by atoms with Gasteiger partial charge in [0.05, 0.1) is 17.5 Å². The van der Waals surface area contributed by atoms with Gasteiger partial charge in [0.2, 0.25) is 5.95 Å². The van der Waals surface area contributed by atoms with Gasteiger partial charge in [-0.15, -0.1) is 0 Å². The van der Waals surface area contributed by atoms with E-state index in [1.807, 2.05) is 36.4 Å². The van der Waals surface area contributed by atoms with Gasteiger partial charge in [-0.2, -0.15) is 5.10 Å². The number of hydrogen-bond donors (Lipinski definition) is 2. The largest absolute Gasteiger partial charge is 0.291 e. The molecular formula is C24H24N4O. The molecule has 0 aliphatic heterocycles. The molecule has 5 heteroatoms. The molecule has 1 heterocycles. The second-order valence-electron chi connectivity index (χ2n) is 8.09. The standard InChI is InChI=1S/C24H24N4O/c29-22-20-21(26-23(27-22)28-25-16-17-9-3-1-4-10-17)19-12-6-5-11-18(19)15-24(20)13-7-2-8-14-24/h1,3-6,9-12,16H,2,7-8,13-15H2,(H2,26,27,28,29)/b25-16-. The highest BCUT2D eigenvalue weighted by Gasteiger charge is 2.42. The molecule has 1 aromatic heterocycles. The Kier molecular flexibility index (Phi) is 4.51. The monoisotopic (exact) mass is 384 g/mol. The maximum atomic E-state index is 13.2. The quantitative estimate of drug-likeness (QED) is 0.510. The number of nitrogens with zero attached hydrogens (tertiary/aromatic N) is 2. The predicted molar refractivity (Wildman–Crippen MR) is 116 cm³/mol. The minimum absolute atomic E-state index is 0.0381. The average Bonchev–Trinajstić information content (AvgIpc) is 2.75. The first-order valence-electron chi connectivity index (χ1n) is 10.3. The summed E-state index contributed by atoms with van der Waals surface area (Å²) in [5.41, 5.74) is 7.80. The van der Waals surface area contributed by atoms with Crippen LogP contribution in [-0.2, 0) is 11.8 Å². The van der Waals surface area contributed by atoms with Crippen molar-refractivity contribution < 1.29 is 0 Å². The van der Waals surface area contributed by atoms with Gasteiger partial charge in [0.25, 0.3) is 5.56 Å². The Labute approximate surface area is 169 Å². The van der Waals surface area contributed by atoms with Crippen LogP contribution in [0.15, 0.2) is 64.5 Å². The lowest BCUT2D eigenvalue weighted by Crippen LogP contribution is -2.40. The number of fused-ring (bicyclic) bond motifs is 4. The molecule has 1 saturated carbocycles. The van der Waals surface area contributed by atoms with E-state index in [0.717, 1.165) is 41.6 Å². The number of anilines is 1. The van der Waals surface area contributed by atoms with Gasteiger partial charge in [0, 0.05) is 11.0 Å². The minimum atomic E-state index is -0.0889. The van der Waals surface area contributed by atoms with Crippen LogP contribution in [0.3, 0.4) is 0 Å². The number of hydrogen-bond acceptors (Lipinski definition) is 4. The first-order chi connectivity index (χ1) is 14.3. The maximum absolute atomic E-state index is 13.2. The fourth-order valence-corrected chi connectivity index (χ4v) is 4.93. The Morgan fingerprint density at radius 1 is 1.00 bits per heavy atom. The van der Waals surface area contributed by atoms with Crippen molar-refractivity contribution in [3.8, 4) is 11.3 Å². The third-order valence-corrected chi connectivity index (χ3v) is 6.25. The molecule has 0 saturated heterocycles. The molecule has 5 nitrogen and oxygen atoms in total. The van der Waals surface area contributed by atoms with E-state index in [9.17, 15) is 4.79 Å². The molecule has 0 unspecified atom stereocenters. The Hall–Kier alpha value is -3.21. The van der Waals surface area contributed by atoms with Gasteiger partial charge in [-0.05, 0) is 30.4 Å². The molecule has 2 N–H and O–H groups in total. The summed E-state index contributed by atoms with van der Waals surface area (Å²) in [7, 11) is 0.